The molecule has 1 aromatic carbocycles. The number of anilines is 1. The van der Waals surface area contributed by atoms with Gasteiger partial charge in [-0.3, -0.25) is 5.32 Å². The molecule has 0 saturated carbocycles. The van der Waals surface area contributed by atoms with Crippen LogP contribution in [0.5, 0.6) is 17.2 Å². The molecule has 0 unspecified atom stereocenters. The highest BCUT2D eigenvalue weighted by atomic mass is 16.5. The zero-order valence-corrected chi connectivity index (χ0v) is 13.4. The number of nitrogens with one attached hydrogen (secondary N) is 2. The predicted octanol–water partition coefficient (Wildman–Crippen LogP) is 2.33. The predicted molar refractivity (Wildman–Crippen MR) is 83.2 cm³/mol. The Hall–Kier alpha value is -2.90. The Labute approximate surface area is 133 Å². The maximum absolute atomic E-state index is 11.8. The molecule has 0 aliphatic carbocycles. The number of amides is 2. The van der Waals surface area contributed by atoms with Crippen molar-refractivity contribution >= 4 is 11.8 Å². The maximum Gasteiger partial charge on any atom is 0.320 e. The number of rotatable bonds is 6. The molecule has 8 nitrogen and oxygen atoms in total. The summed E-state index contributed by atoms with van der Waals surface area (Å²) in [5, 5.41) is 8.97. The van der Waals surface area contributed by atoms with Crippen LogP contribution in [-0.4, -0.2) is 32.5 Å². The molecule has 0 spiro atoms. The van der Waals surface area contributed by atoms with Gasteiger partial charge in [0.2, 0.25) is 5.75 Å². The lowest BCUT2D eigenvalue weighted by atomic mass is 10.2. The SMILES string of the molecule is COc1cc(CNC(=O)Nc2cc(C)on2)cc(OC)c1OC. The van der Waals surface area contributed by atoms with Gasteiger partial charge in [0.15, 0.2) is 17.3 Å². The fraction of sp³-hybridized carbons (Fsp3) is 0.333. The standard InChI is InChI=1S/C15H19N3O5/c1-9-5-13(18-23-9)17-15(19)16-8-10-6-11(20-2)14(22-4)12(7-10)21-3/h5-7H,8H2,1-4H3,(H2,16,17,18,19). The molecule has 8 heteroatoms. The molecule has 0 aliphatic heterocycles. The summed E-state index contributed by atoms with van der Waals surface area (Å²) in [7, 11) is 4.61. The van der Waals surface area contributed by atoms with Crippen molar-refractivity contribution in [2.75, 3.05) is 26.6 Å². The van der Waals surface area contributed by atoms with Crippen LogP contribution in [0.3, 0.4) is 0 Å². The van der Waals surface area contributed by atoms with Gasteiger partial charge in [-0.1, -0.05) is 5.16 Å². The molecule has 124 valence electrons. The highest BCUT2D eigenvalue weighted by Crippen LogP contribution is 2.38. The van der Waals surface area contributed by atoms with E-state index in [4.69, 9.17) is 18.7 Å². The fourth-order valence-corrected chi connectivity index (χ4v) is 2.01. The number of benzene rings is 1. The van der Waals surface area contributed by atoms with Crippen LogP contribution in [0.15, 0.2) is 22.7 Å². The summed E-state index contributed by atoms with van der Waals surface area (Å²) in [6, 6.07) is 4.76. The van der Waals surface area contributed by atoms with E-state index in [0.29, 0.717) is 28.8 Å². The molecule has 2 N–H and O–H groups in total. The summed E-state index contributed by atoms with van der Waals surface area (Å²) in [6.45, 7) is 2.02. The van der Waals surface area contributed by atoms with E-state index in [1.54, 1.807) is 25.1 Å². The summed E-state index contributed by atoms with van der Waals surface area (Å²) in [6.07, 6.45) is 0. The van der Waals surface area contributed by atoms with Crippen LogP contribution in [-0.2, 0) is 6.54 Å². The lowest BCUT2D eigenvalue weighted by Gasteiger charge is -2.14. The van der Waals surface area contributed by atoms with Gasteiger partial charge < -0.3 is 24.1 Å². The largest absolute Gasteiger partial charge is 0.493 e. The minimum absolute atomic E-state index is 0.277. The van der Waals surface area contributed by atoms with Crippen molar-refractivity contribution in [3.05, 3.63) is 29.5 Å². The number of urea groups is 1. The first-order valence-corrected chi connectivity index (χ1v) is 6.84. The number of aromatic nitrogens is 1. The lowest BCUT2D eigenvalue weighted by molar-refractivity contribution is 0.251. The molecule has 2 amide bonds. The molecule has 0 radical (unpaired) electrons. The monoisotopic (exact) mass is 321 g/mol. The minimum Gasteiger partial charge on any atom is -0.493 e. The summed E-state index contributed by atoms with van der Waals surface area (Å²) in [5.74, 6) is 2.52. The van der Waals surface area contributed by atoms with Crippen molar-refractivity contribution in [3.8, 4) is 17.2 Å². The smallest absolute Gasteiger partial charge is 0.320 e. The van der Waals surface area contributed by atoms with Crippen molar-refractivity contribution in [1.82, 2.24) is 10.5 Å². The van der Waals surface area contributed by atoms with E-state index in [9.17, 15) is 4.79 Å². The van der Waals surface area contributed by atoms with E-state index in [1.165, 1.54) is 21.3 Å². The van der Waals surface area contributed by atoms with E-state index in [-0.39, 0.29) is 6.54 Å². The topological polar surface area (TPSA) is 94.9 Å². The second kappa shape index (κ2) is 7.39. The number of hydrogen-bond acceptors (Lipinski definition) is 6. The van der Waals surface area contributed by atoms with Gasteiger partial charge in [-0.15, -0.1) is 0 Å². The van der Waals surface area contributed by atoms with Crippen LogP contribution < -0.4 is 24.8 Å². The molecule has 0 saturated heterocycles. The van der Waals surface area contributed by atoms with Gasteiger partial charge in [-0.2, -0.15) is 0 Å². The number of carbonyl (C=O) groups is 1. The Morgan fingerprint density at radius 2 is 1.78 bits per heavy atom. The minimum atomic E-state index is -0.396. The number of nitrogens with zero attached hydrogens (tertiary/aromatic N) is 1. The number of carbonyl (C=O) groups excluding carboxylic acids is 1. The molecule has 1 heterocycles. The fourth-order valence-electron chi connectivity index (χ4n) is 2.01. The van der Waals surface area contributed by atoms with Gasteiger partial charge in [0.25, 0.3) is 0 Å². The van der Waals surface area contributed by atoms with Gasteiger partial charge in [0.1, 0.15) is 5.76 Å². The molecule has 1 aromatic heterocycles. The van der Waals surface area contributed by atoms with E-state index < -0.39 is 6.03 Å². The van der Waals surface area contributed by atoms with Gasteiger partial charge in [0.05, 0.1) is 21.3 Å². The molecular formula is C15H19N3O5. The van der Waals surface area contributed by atoms with Crippen LogP contribution in [0.1, 0.15) is 11.3 Å². The Balaban J connectivity index is 2.03. The summed E-state index contributed by atoms with van der Waals surface area (Å²) < 4.78 is 20.7. The van der Waals surface area contributed by atoms with Gasteiger partial charge in [-0.25, -0.2) is 4.79 Å². The molecule has 2 rings (SSSR count). The Kier molecular flexibility index (Phi) is 5.29. The Morgan fingerprint density at radius 3 is 2.26 bits per heavy atom. The van der Waals surface area contributed by atoms with Crippen LogP contribution >= 0.6 is 0 Å². The van der Waals surface area contributed by atoms with E-state index in [1.807, 2.05) is 0 Å². The average molecular weight is 321 g/mol. The maximum atomic E-state index is 11.8. The molecule has 0 fully saturated rings. The lowest BCUT2D eigenvalue weighted by Crippen LogP contribution is -2.28. The van der Waals surface area contributed by atoms with E-state index in [0.717, 1.165) is 5.56 Å². The third-order valence-corrected chi connectivity index (χ3v) is 3.05. The molecule has 0 bridgehead atoms. The molecule has 2 aromatic rings. The molecule has 0 atom stereocenters. The molecular weight excluding hydrogens is 302 g/mol. The second-order valence-corrected chi connectivity index (χ2v) is 4.66. The van der Waals surface area contributed by atoms with Crippen LogP contribution in [0, 0.1) is 6.92 Å². The number of aryl methyl sites for hydroxylation is 1. The van der Waals surface area contributed by atoms with Crippen molar-refractivity contribution in [2.24, 2.45) is 0 Å². The number of hydrogen-bond donors (Lipinski definition) is 2. The highest BCUT2D eigenvalue weighted by Gasteiger charge is 2.13. The van der Waals surface area contributed by atoms with Gasteiger partial charge in [0, 0.05) is 12.6 Å². The van der Waals surface area contributed by atoms with Crippen molar-refractivity contribution in [1.29, 1.82) is 0 Å². The second-order valence-electron chi connectivity index (χ2n) is 4.66. The summed E-state index contributed by atoms with van der Waals surface area (Å²) in [4.78, 5) is 11.8. The van der Waals surface area contributed by atoms with Crippen molar-refractivity contribution < 1.29 is 23.5 Å². The molecule has 0 aliphatic rings. The van der Waals surface area contributed by atoms with Crippen LogP contribution in [0.4, 0.5) is 10.6 Å². The highest BCUT2D eigenvalue weighted by molar-refractivity contribution is 5.88. The third-order valence-electron chi connectivity index (χ3n) is 3.05. The van der Waals surface area contributed by atoms with Crippen molar-refractivity contribution in [2.45, 2.75) is 13.5 Å². The van der Waals surface area contributed by atoms with Gasteiger partial charge >= 0.3 is 6.03 Å². The van der Waals surface area contributed by atoms with Crippen molar-refractivity contribution in [3.63, 3.8) is 0 Å². The third kappa shape index (κ3) is 4.06. The number of methoxy groups -OCH3 is 3. The average Bonchev–Trinajstić information content (AvgIpc) is 2.96. The first kappa shape index (κ1) is 16.5. The Morgan fingerprint density at radius 1 is 1.13 bits per heavy atom. The zero-order chi connectivity index (χ0) is 16.8. The normalized spacial score (nSPS) is 10.1. The summed E-state index contributed by atoms with van der Waals surface area (Å²) in [5.41, 5.74) is 0.797. The number of ether oxygens (including phenoxy) is 3. The molecule has 23 heavy (non-hydrogen) atoms. The van der Waals surface area contributed by atoms with E-state index in [2.05, 4.69) is 15.8 Å². The van der Waals surface area contributed by atoms with Crippen LogP contribution in [0.25, 0.3) is 0 Å². The first-order chi connectivity index (χ1) is 11.1. The summed E-state index contributed by atoms with van der Waals surface area (Å²) >= 11 is 0. The Bertz CT molecular complexity index is 658. The van der Waals surface area contributed by atoms with Gasteiger partial charge in [-0.05, 0) is 24.6 Å². The first-order valence-electron chi connectivity index (χ1n) is 6.84. The quantitative estimate of drug-likeness (QED) is 0.848. The van der Waals surface area contributed by atoms with E-state index >= 15 is 0 Å². The van der Waals surface area contributed by atoms with Crippen LogP contribution in [0.2, 0.25) is 0 Å². The zero-order valence-electron chi connectivity index (χ0n) is 13.4.